The fourth-order valence-electron chi connectivity index (χ4n) is 3.48. The highest BCUT2D eigenvalue weighted by molar-refractivity contribution is 5.40. The Kier molecular flexibility index (Phi) is 3.06. The van der Waals surface area contributed by atoms with E-state index in [-0.39, 0.29) is 6.10 Å². The third kappa shape index (κ3) is 2.14. The molecule has 1 heterocycles. The number of aliphatic hydroxyl groups excluding tert-OH is 1. The molecule has 1 aliphatic carbocycles. The first-order valence-electron chi connectivity index (χ1n) is 7.07. The molecule has 1 saturated carbocycles. The van der Waals surface area contributed by atoms with E-state index < -0.39 is 0 Å². The highest BCUT2D eigenvalue weighted by atomic mass is 16.5. The van der Waals surface area contributed by atoms with Crippen molar-refractivity contribution in [3.63, 3.8) is 0 Å². The van der Waals surface area contributed by atoms with Gasteiger partial charge in [0.25, 0.3) is 0 Å². The van der Waals surface area contributed by atoms with Crippen LogP contribution in [0.2, 0.25) is 0 Å². The van der Waals surface area contributed by atoms with E-state index in [1.807, 2.05) is 0 Å². The van der Waals surface area contributed by atoms with Crippen molar-refractivity contribution in [2.45, 2.75) is 51.7 Å². The van der Waals surface area contributed by atoms with Crippen molar-refractivity contribution in [3.05, 3.63) is 29.3 Å². The summed E-state index contributed by atoms with van der Waals surface area (Å²) in [6.45, 7) is 4.30. The third-order valence-electron chi connectivity index (χ3n) is 4.71. The molecule has 2 heteroatoms. The van der Waals surface area contributed by atoms with E-state index in [0.29, 0.717) is 17.9 Å². The van der Waals surface area contributed by atoms with Crippen molar-refractivity contribution in [3.8, 4) is 5.75 Å². The van der Waals surface area contributed by atoms with E-state index >= 15 is 0 Å². The summed E-state index contributed by atoms with van der Waals surface area (Å²) >= 11 is 0. The third-order valence-corrected chi connectivity index (χ3v) is 4.71. The Morgan fingerprint density at radius 3 is 2.89 bits per heavy atom. The van der Waals surface area contributed by atoms with Crippen molar-refractivity contribution >= 4 is 0 Å². The molecule has 0 spiro atoms. The molecule has 1 aromatic carbocycles. The van der Waals surface area contributed by atoms with Crippen molar-refractivity contribution in [2.24, 2.45) is 11.8 Å². The first-order valence-corrected chi connectivity index (χ1v) is 7.07. The maximum atomic E-state index is 9.81. The average molecular weight is 246 g/mol. The molecule has 0 amide bonds. The monoisotopic (exact) mass is 246 g/mol. The van der Waals surface area contributed by atoms with Crippen molar-refractivity contribution < 1.29 is 9.84 Å². The van der Waals surface area contributed by atoms with Gasteiger partial charge in [-0.25, -0.2) is 0 Å². The van der Waals surface area contributed by atoms with Crippen molar-refractivity contribution in [2.75, 3.05) is 0 Å². The van der Waals surface area contributed by atoms with Crippen LogP contribution in [0.5, 0.6) is 5.75 Å². The van der Waals surface area contributed by atoms with Crippen LogP contribution in [-0.4, -0.2) is 17.3 Å². The van der Waals surface area contributed by atoms with Gasteiger partial charge in [-0.1, -0.05) is 24.6 Å². The Labute approximate surface area is 109 Å². The number of aryl methyl sites for hydroxylation is 1. The zero-order valence-electron chi connectivity index (χ0n) is 11.2. The molecule has 3 rings (SSSR count). The predicted molar refractivity (Wildman–Crippen MR) is 71.8 cm³/mol. The normalized spacial score (nSPS) is 34.4. The van der Waals surface area contributed by atoms with Crippen LogP contribution >= 0.6 is 0 Å². The second kappa shape index (κ2) is 4.58. The summed E-state index contributed by atoms with van der Waals surface area (Å²) in [7, 11) is 0. The quantitative estimate of drug-likeness (QED) is 0.869. The van der Waals surface area contributed by atoms with E-state index in [1.165, 1.54) is 11.1 Å². The molecule has 1 N–H and O–H groups in total. The van der Waals surface area contributed by atoms with Crippen LogP contribution in [0.4, 0.5) is 0 Å². The number of aliphatic hydroxyl groups is 1. The second-order valence-corrected chi connectivity index (χ2v) is 6.05. The van der Waals surface area contributed by atoms with Crippen LogP contribution in [0.3, 0.4) is 0 Å². The number of hydrogen-bond acceptors (Lipinski definition) is 2. The Morgan fingerprint density at radius 2 is 2.17 bits per heavy atom. The summed E-state index contributed by atoms with van der Waals surface area (Å²) in [5, 5.41) is 9.81. The lowest BCUT2D eigenvalue weighted by atomic mass is 9.90. The smallest absolute Gasteiger partial charge is 0.123 e. The van der Waals surface area contributed by atoms with Crippen LogP contribution < -0.4 is 4.74 Å². The van der Waals surface area contributed by atoms with Gasteiger partial charge >= 0.3 is 0 Å². The molecule has 98 valence electrons. The fraction of sp³-hybridized carbons (Fsp3) is 0.625. The minimum atomic E-state index is -0.0963. The summed E-state index contributed by atoms with van der Waals surface area (Å²) in [6.07, 6.45) is 4.46. The van der Waals surface area contributed by atoms with Gasteiger partial charge in [-0.05, 0) is 49.7 Å². The Bertz CT molecular complexity index is 441. The highest BCUT2D eigenvalue weighted by Crippen LogP contribution is 2.38. The van der Waals surface area contributed by atoms with Gasteiger partial charge in [-0.2, -0.15) is 0 Å². The summed E-state index contributed by atoms with van der Waals surface area (Å²) in [4.78, 5) is 0. The molecule has 0 saturated heterocycles. The molecular formula is C16H22O2. The van der Waals surface area contributed by atoms with Gasteiger partial charge in [-0.3, -0.25) is 0 Å². The van der Waals surface area contributed by atoms with Crippen LogP contribution in [-0.2, 0) is 6.42 Å². The van der Waals surface area contributed by atoms with Gasteiger partial charge in [-0.15, -0.1) is 0 Å². The minimum absolute atomic E-state index is 0.0963. The lowest BCUT2D eigenvalue weighted by Crippen LogP contribution is -2.22. The largest absolute Gasteiger partial charge is 0.490 e. The number of hydrogen-bond donors (Lipinski definition) is 1. The molecule has 1 aromatic rings. The number of benzene rings is 1. The molecule has 0 aromatic heterocycles. The molecule has 0 bridgehead atoms. The lowest BCUT2D eigenvalue weighted by molar-refractivity contribution is 0.112. The second-order valence-electron chi connectivity index (χ2n) is 6.05. The Balaban J connectivity index is 1.64. The van der Waals surface area contributed by atoms with E-state index in [4.69, 9.17) is 4.74 Å². The summed E-state index contributed by atoms with van der Waals surface area (Å²) in [5.74, 6) is 2.12. The molecule has 2 aliphatic rings. The van der Waals surface area contributed by atoms with Gasteiger partial charge in [0, 0.05) is 6.42 Å². The molecule has 1 aliphatic heterocycles. The summed E-state index contributed by atoms with van der Waals surface area (Å²) in [5.41, 5.74) is 2.66. The van der Waals surface area contributed by atoms with Crippen LogP contribution in [0.25, 0.3) is 0 Å². The summed E-state index contributed by atoms with van der Waals surface area (Å²) in [6, 6.07) is 6.45. The molecule has 4 unspecified atom stereocenters. The van der Waals surface area contributed by atoms with E-state index in [2.05, 4.69) is 32.0 Å². The Hall–Kier alpha value is -1.02. The molecule has 18 heavy (non-hydrogen) atoms. The first-order chi connectivity index (χ1) is 8.63. The molecular weight excluding hydrogens is 224 g/mol. The van der Waals surface area contributed by atoms with Gasteiger partial charge in [0.2, 0.25) is 0 Å². The maximum Gasteiger partial charge on any atom is 0.123 e. The fourth-order valence-corrected chi connectivity index (χ4v) is 3.48. The Morgan fingerprint density at radius 1 is 1.33 bits per heavy atom. The van der Waals surface area contributed by atoms with E-state index in [9.17, 15) is 5.11 Å². The molecule has 1 fully saturated rings. The molecule has 2 nitrogen and oxygen atoms in total. The zero-order valence-corrected chi connectivity index (χ0v) is 11.2. The molecule has 0 radical (unpaired) electrons. The van der Waals surface area contributed by atoms with Crippen LogP contribution in [0.1, 0.15) is 37.3 Å². The summed E-state index contributed by atoms with van der Waals surface area (Å²) < 4.78 is 6.03. The van der Waals surface area contributed by atoms with Gasteiger partial charge in [0.05, 0.1) is 6.10 Å². The van der Waals surface area contributed by atoms with Crippen LogP contribution in [0.15, 0.2) is 18.2 Å². The SMILES string of the molecule is Cc1ccc2c(c1)CC(CC1CCC(O)C1C)O2. The van der Waals surface area contributed by atoms with E-state index in [1.54, 1.807) is 0 Å². The maximum absolute atomic E-state index is 9.81. The lowest BCUT2D eigenvalue weighted by Gasteiger charge is -2.20. The molecule has 4 atom stereocenters. The minimum Gasteiger partial charge on any atom is -0.490 e. The predicted octanol–water partition coefficient (Wildman–Crippen LogP) is 3.10. The van der Waals surface area contributed by atoms with E-state index in [0.717, 1.165) is 31.4 Å². The topological polar surface area (TPSA) is 29.5 Å². The number of ether oxygens (including phenoxy) is 1. The first kappa shape index (κ1) is 12.0. The standard InChI is InChI=1S/C16H22O2/c1-10-3-6-16-13(7-10)9-14(18-16)8-12-4-5-15(17)11(12)2/h3,6-7,11-12,14-15,17H,4-5,8-9H2,1-2H3. The number of rotatable bonds is 2. The van der Waals surface area contributed by atoms with Gasteiger partial charge in [0.1, 0.15) is 11.9 Å². The zero-order chi connectivity index (χ0) is 12.7. The van der Waals surface area contributed by atoms with Crippen LogP contribution in [0, 0.1) is 18.8 Å². The van der Waals surface area contributed by atoms with Crippen molar-refractivity contribution in [1.29, 1.82) is 0 Å². The highest BCUT2D eigenvalue weighted by Gasteiger charge is 2.35. The average Bonchev–Trinajstić information content (AvgIpc) is 2.86. The van der Waals surface area contributed by atoms with Crippen molar-refractivity contribution in [1.82, 2.24) is 0 Å². The van der Waals surface area contributed by atoms with Gasteiger partial charge in [0.15, 0.2) is 0 Å². The number of fused-ring (bicyclic) bond motifs is 1. The van der Waals surface area contributed by atoms with Gasteiger partial charge < -0.3 is 9.84 Å².